The first kappa shape index (κ1) is 29.5. The van der Waals surface area contributed by atoms with Crippen molar-refractivity contribution in [2.24, 2.45) is 0 Å². The van der Waals surface area contributed by atoms with Gasteiger partial charge in [0.2, 0.25) is 0 Å². The molecular formula is C50H34O. The average molecular weight is 651 g/mol. The molecule has 0 saturated heterocycles. The zero-order chi connectivity index (χ0) is 33.8. The summed E-state index contributed by atoms with van der Waals surface area (Å²) in [6.45, 7) is 0. The molecule has 10 rings (SSSR count). The molecule has 1 aliphatic rings. The van der Waals surface area contributed by atoms with E-state index in [1.165, 1.54) is 66.6 Å². The highest BCUT2D eigenvalue weighted by atomic mass is 16.3. The zero-order valence-corrected chi connectivity index (χ0v) is 28.0. The molecule has 8 aromatic carbocycles. The summed E-state index contributed by atoms with van der Waals surface area (Å²) in [7, 11) is 0. The molecule has 1 nitrogen and oxygen atoms in total. The van der Waals surface area contributed by atoms with Gasteiger partial charge in [-0.3, -0.25) is 0 Å². The van der Waals surface area contributed by atoms with Crippen molar-refractivity contribution >= 4 is 21.9 Å². The largest absolute Gasteiger partial charge is 0.456 e. The first-order valence-corrected chi connectivity index (χ1v) is 17.7. The highest BCUT2D eigenvalue weighted by Gasteiger charge is 2.46. The van der Waals surface area contributed by atoms with Crippen LogP contribution in [0, 0.1) is 0 Å². The van der Waals surface area contributed by atoms with Crippen molar-refractivity contribution < 1.29 is 4.42 Å². The molecule has 0 saturated carbocycles. The average Bonchev–Trinajstić information content (AvgIpc) is 3.73. The summed E-state index contributed by atoms with van der Waals surface area (Å²) >= 11 is 0. The van der Waals surface area contributed by atoms with E-state index in [4.69, 9.17) is 4.42 Å². The van der Waals surface area contributed by atoms with Crippen LogP contribution in [-0.4, -0.2) is 0 Å². The summed E-state index contributed by atoms with van der Waals surface area (Å²) in [5.74, 6) is -0.0793. The number of hydrogen-bond acceptors (Lipinski definition) is 1. The van der Waals surface area contributed by atoms with Crippen molar-refractivity contribution in [2.75, 3.05) is 0 Å². The third-order valence-electron chi connectivity index (χ3n) is 10.9. The van der Waals surface area contributed by atoms with Gasteiger partial charge in [-0.25, -0.2) is 0 Å². The SMILES string of the molecule is c1ccc(-c2ccccc2C(c2ccc3c(c2)C(c2ccccc2)(c2ccccc2)c2ccccc2-3)c2cccc3oc4ccccc4c23)cc1. The number of para-hydroxylation sites is 1. The Morgan fingerprint density at radius 1 is 0.392 bits per heavy atom. The second-order valence-corrected chi connectivity index (χ2v) is 13.5. The van der Waals surface area contributed by atoms with Crippen LogP contribution in [0.5, 0.6) is 0 Å². The topological polar surface area (TPSA) is 13.1 Å². The number of hydrogen-bond donors (Lipinski definition) is 0. The minimum absolute atomic E-state index is 0.0793. The molecule has 1 aromatic heterocycles. The van der Waals surface area contributed by atoms with Crippen LogP contribution >= 0.6 is 0 Å². The fourth-order valence-electron chi connectivity index (χ4n) is 8.84. The van der Waals surface area contributed by atoms with Crippen LogP contribution in [0.1, 0.15) is 44.9 Å². The quantitative estimate of drug-likeness (QED) is 0.163. The van der Waals surface area contributed by atoms with Gasteiger partial charge in [0.15, 0.2) is 0 Å². The normalized spacial score (nSPS) is 13.6. The fourth-order valence-corrected chi connectivity index (χ4v) is 8.84. The molecule has 9 aromatic rings. The van der Waals surface area contributed by atoms with Crippen LogP contribution < -0.4 is 0 Å². The third-order valence-corrected chi connectivity index (χ3v) is 10.9. The predicted molar refractivity (Wildman–Crippen MR) is 210 cm³/mol. The zero-order valence-electron chi connectivity index (χ0n) is 28.0. The molecule has 1 heteroatoms. The van der Waals surface area contributed by atoms with Gasteiger partial charge in [0, 0.05) is 16.7 Å². The van der Waals surface area contributed by atoms with Crippen molar-refractivity contribution in [2.45, 2.75) is 11.3 Å². The minimum Gasteiger partial charge on any atom is -0.456 e. The van der Waals surface area contributed by atoms with Crippen LogP contribution in [0.4, 0.5) is 0 Å². The number of fused-ring (bicyclic) bond motifs is 6. The molecule has 0 spiro atoms. The Hall–Kier alpha value is -6.44. The molecule has 1 heterocycles. The summed E-state index contributed by atoms with van der Waals surface area (Å²) in [5, 5.41) is 2.31. The first-order chi connectivity index (χ1) is 25.3. The standard InChI is InChI=1S/C50H34O/c1-4-17-34(18-5-1)38-23-10-11-25-41(38)48(43-27-16-30-47-49(43)42-26-13-15-29-46(42)51-47)35-31-32-40-39-24-12-14-28-44(39)50(45(40)33-35,36-19-6-2-7-20-36)37-21-8-3-9-22-37/h1-33,48H. The van der Waals surface area contributed by atoms with Gasteiger partial charge < -0.3 is 4.42 Å². The van der Waals surface area contributed by atoms with Gasteiger partial charge in [0.25, 0.3) is 0 Å². The molecule has 0 aliphatic heterocycles. The van der Waals surface area contributed by atoms with E-state index in [9.17, 15) is 0 Å². The van der Waals surface area contributed by atoms with Gasteiger partial charge in [-0.05, 0) is 73.3 Å². The van der Waals surface area contributed by atoms with Gasteiger partial charge >= 0.3 is 0 Å². The third kappa shape index (κ3) is 4.48. The first-order valence-electron chi connectivity index (χ1n) is 17.7. The molecule has 1 atom stereocenters. The van der Waals surface area contributed by atoms with E-state index < -0.39 is 5.41 Å². The summed E-state index contributed by atoms with van der Waals surface area (Å²) < 4.78 is 6.49. The Balaban J connectivity index is 1.31. The Labute approximate surface area is 298 Å². The Kier molecular flexibility index (Phi) is 6.85. The van der Waals surface area contributed by atoms with Gasteiger partial charge in [-0.2, -0.15) is 0 Å². The maximum absolute atomic E-state index is 6.49. The van der Waals surface area contributed by atoms with Crippen molar-refractivity contribution in [3.63, 3.8) is 0 Å². The second-order valence-electron chi connectivity index (χ2n) is 13.5. The minimum atomic E-state index is -0.484. The molecule has 1 aliphatic carbocycles. The Morgan fingerprint density at radius 3 is 1.73 bits per heavy atom. The number of furan rings is 1. The molecule has 0 amide bonds. The fraction of sp³-hybridized carbons (Fsp3) is 0.0400. The lowest BCUT2D eigenvalue weighted by molar-refractivity contribution is 0.668. The van der Waals surface area contributed by atoms with Crippen molar-refractivity contribution in [3.8, 4) is 22.3 Å². The lowest BCUT2D eigenvalue weighted by Gasteiger charge is -2.34. The van der Waals surface area contributed by atoms with Crippen LogP contribution in [0.3, 0.4) is 0 Å². The van der Waals surface area contributed by atoms with E-state index >= 15 is 0 Å². The van der Waals surface area contributed by atoms with E-state index in [0.29, 0.717) is 0 Å². The predicted octanol–water partition coefficient (Wildman–Crippen LogP) is 12.8. The van der Waals surface area contributed by atoms with E-state index in [1.807, 2.05) is 0 Å². The van der Waals surface area contributed by atoms with Crippen molar-refractivity contribution in [1.29, 1.82) is 0 Å². The highest BCUT2D eigenvalue weighted by Crippen LogP contribution is 2.57. The molecule has 0 N–H and O–H groups in total. The monoisotopic (exact) mass is 650 g/mol. The van der Waals surface area contributed by atoms with Gasteiger partial charge in [-0.1, -0.05) is 188 Å². The van der Waals surface area contributed by atoms with Crippen molar-refractivity contribution in [3.05, 3.63) is 239 Å². The molecule has 240 valence electrons. The maximum Gasteiger partial charge on any atom is 0.135 e. The number of rotatable bonds is 6. The van der Waals surface area contributed by atoms with E-state index in [1.54, 1.807) is 0 Å². The number of benzene rings is 8. The van der Waals surface area contributed by atoms with E-state index in [0.717, 1.165) is 16.6 Å². The highest BCUT2D eigenvalue weighted by molar-refractivity contribution is 6.07. The van der Waals surface area contributed by atoms with Crippen LogP contribution in [0.15, 0.2) is 205 Å². The van der Waals surface area contributed by atoms with E-state index in [2.05, 4.69) is 200 Å². The molecule has 1 unspecified atom stereocenters. The molecule has 0 radical (unpaired) electrons. The molecule has 0 bridgehead atoms. The van der Waals surface area contributed by atoms with Crippen molar-refractivity contribution in [1.82, 2.24) is 0 Å². The molecule has 51 heavy (non-hydrogen) atoms. The Bertz CT molecular complexity index is 2650. The van der Waals surface area contributed by atoms with Crippen LogP contribution in [-0.2, 0) is 5.41 Å². The molecular weight excluding hydrogens is 617 g/mol. The van der Waals surface area contributed by atoms with Crippen LogP contribution in [0.25, 0.3) is 44.2 Å². The summed E-state index contributed by atoms with van der Waals surface area (Å²) in [5.41, 5.74) is 15.3. The van der Waals surface area contributed by atoms with Crippen LogP contribution in [0.2, 0.25) is 0 Å². The summed E-state index contributed by atoms with van der Waals surface area (Å²) in [6, 6.07) is 73.1. The summed E-state index contributed by atoms with van der Waals surface area (Å²) in [6.07, 6.45) is 0. The summed E-state index contributed by atoms with van der Waals surface area (Å²) in [4.78, 5) is 0. The lowest BCUT2D eigenvalue weighted by Crippen LogP contribution is -2.28. The van der Waals surface area contributed by atoms with E-state index in [-0.39, 0.29) is 5.92 Å². The van der Waals surface area contributed by atoms with Gasteiger partial charge in [-0.15, -0.1) is 0 Å². The molecule has 0 fully saturated rings. The maximum atomic E-state index is 6.49. The lowest BCUT2D eigenvalue weighted by atomic mass is 9.67. The second kappa shape index (κ2) is 11.9. The Morgan fingerprint density at radius 2 is 0.961 bits per heavy atom. The van der Waals surface area contributed by atoms with Gasteiger partial charge in [0.05, 0.1) is 5.41 Å². The smallest absolute Gasteiger partial charge is 0.135 e. The van der Waals surface area contributed by atoms with Gasteiger partial charge in [0.1, 0.15) is 11.2 Å².